The summed E-state index contributed by atoms with van der Waals surface area (Å²) in [7, 11) is 0. The average Bonchev–Trinajstić information content (AvgIpc) is 2.63. The number of halogens is 1. The summed E-state index contributed by atoms with van der Waals surface area (Å²) in [4.78, 5) is 23.7. The molecule has 0 aliphatic carbocycles. The molecule has 1 amide bonds. The van der Waals surface area contributed by atoms with Crippen LogP contribution in [-0.4, -0.2) is 22.5 Å². The summed E-state index contributed by atoms with van der Waals surface area (Å²) in [5.41, 5.74) is -1.26. The summed E-state index contributed by atoms with van der Waals surface area (Å²) < 4.78 is 0.677. The predicted octanol–water partition coefficient (Wildman–Crippen LogP) is 2.74. The molecule has 0 aromatic carbocycles. The van der Waals surface area contributed by atoms with Crippen molar-refractivity contribution in [1.82, 2.24) is 5.32 Å². The first kappa shape index (κ1) is 14.2. The Hall–Kier alpha value is -0.880. The van der Waals surface area contributed by atoms with Crippen LogP contribution in [0.25, 0.3) is 0 Å². The summed E-state index contributed by atoms with van der Waals surface area (Å²) >= 11 is 4.52. The van der Waals surface area contributed by atoms with Crippen molar-refractivity contribution >= 4 is 39.1 Å². The maximum atomic E-state index is 12.0. The van der Waals surface area contributed by atoms with Crippen LogP contribution in [-0.2, 0) is 4.79 Å². The first-order chi connectivity index (χ1) is 7.79. The van der Waals surface area contributed by atoms with Gasteiger partial charge in [-0.05, 0) is 40.2 Å². The first-order valence-corrected chi connectivity index (χ1v) is 6.75. The molecule has 0 aliphatic heterocycles. The standard InChI is InChI=1S/C11H14BrNO3S/c1-6(2)11(3,10(15)16)13-9(14)8-7(12)4-5-17-8/h4-6H,1-3H3,(H,13,14)(H,15,16)/t11-/m0/s1. The molecule has 0 spiro atoms. The molecule has 0 radical (unpaired) electrons. The van der Waals surface area contributed by atoms with Crippen molar-refractivity contribution in [3.8, 4) is 0 Å². The number of amides is 1. The van der Waals surface area contributed by atoms with Crippen molar-refractivity contribution in [2.24, 2.45) is 5.92 Å². The van der Waals surface area contributed by atoms with Gasteiger partial charge in [0.1, 0.15) is 10.4 Å². The molecule has 4 nitrogen and oxygen atoms in total. The first-order valence-electron chi connectivity index (χ1n) is 5.08. The summed E-state index contributed by atoms with van der Waals surface area (Å²) in [6, 6.07) is 1.76. The molecule has 1 heterocycles. The number of hydrogen-bond acceptors (Lipinski definition) is 3. The Morgan fingerprint density at radius 1 is 1.53 bits per heavy atom. The zero-order chi connectivity index (χ0) is 13.2. The molecule has 17 heavy (non-hydrogen) atoms. The van der Waals surface area contributed by atoms with Crippen molar-refractivity contribution in [3.05, 3.63) is 20.8 Å². The van der Waals surface area contributed by atoms with E-state index >= 15 is 0 Å². The van der Waals surface area contributed by atoms with Crippen LogP contribution in [0.1, 0.15) is 30.4 Å². The van der Waals surface area contributed by atoms with Gasteiger partial charge < -0.3 is 10.4 Å². The van der Waals surface area contributed by atoms with E-state index in [2.05, 4.69) is 21.2 Å². The molecule has 1 atom stereocenters. The number of carbonyl (C=O) groups is 2. The van der Waals surface area contributed by atoms with Crippen LogP contribution in [0.4, 0.5) is 0 Å². The monoisotopic (exact) mass is 319 g/mol. The fourth-order valence-electron chi connectivity index (χ4n) is 1.19. The van der Waals surface area contributed by atoms with E-state index in [9.17, 15) is 14.7 Å². The molecule has 0 saturated heterocycles. The van der Waals surface area contributed by atoms with Crippen molar-refractivity contribution in [1.29, 1.82) is 0 Å². The summed E-state index contributed by atoms with van der Waals surface area (Å²) in [6.45, 7) is 5.04. The van der Waals surface area contributed by atoms with Crippen LogP contribution in [0.3, 0.4) is 0 Å². The lowest BCUT2D eigenvalue weighted by molar-refractivity contribution is -0.145. The molecule has 94 valence electrons. The molecule has 0 bridgehead atoms. The second-order valence-corrected chi connectivity index (χ2v) is 5.98. The van der Waals surface area contributed by atoms with Gasteiger partial charge in [-0.25, -0.2) is 4.79 Å². The van der Waals surface area contributed by atoms with Gasteiger partial charge in [-0.1, -0.05) is 13.8 Å². The van der Waals surface area contributed by atoms with E-state index < -0.39 is 11.5 Å². The molecule has 2 N–H and O–H groups in total. The van der Waals surface area contributed by atoms with Crippen molar-refractivity contribution in [2.45, 2.75) is 26.3 Å². The normalized spacial score (nSPS) is 14.4. The van der Waals surface area contributed by atoms with Gasteiger partial charge in [-0.3, -0.25) is 4.79 Å². The van der Waals surface area contributed by atoms with E-state index in [1.54, 1.807) is 25.3 Å². The van der Waals surface area contributed by atoms with Gasteiger partial charge in [0.15, 0.2) is 0 Å². The summed E-state index contributed by atoms with van der Waals surface area (Å²) in [5.74, 6) is -1.61. The highest BCUT2D eigenvalue weighted by Crippen LogP contribution is 2.24. The zero-order valence-electron chi connectivity index (χ0n) is 9.78. The molecule has 1 aromatic heterocycles. The van der Waals surface area contributed by atoms with Crippen molar-refractivity contribution < 1.29 is 14.7 Å². The van der Waals surface area contributed by atoms with Gasteiger partial charge >= 0.3 is 5.97 Å². The number of carbonyl (C=O) groups excluding carboxylic acids is 1. The molecular weight excluding hydrogens is 306 g/mol. The van der Waals surface area contributed by atoms with Crippen LogP contribution in [0.5, 0.6) is 0 Å². The van der Waals surface area contributed by atoms with E-state index in [0.29, 0.717) is 9.35 Å². The lowest BCUT2D eigenvalue weighted by Gasteiger charge is -2.30. The minimum atomic E-state index is -1.26. The molecule has 1 rings (SSSR count). The summed E-state index contributed by atoms with van der Waals surface area (Å²) in [5, 5.41) is 13.5. The Bertz CT molecular complexity index is 444. The van der Waals surface area contributed by atoms with Crippen molar-refractivity contribution in [2.75, 3.05) is 0 Å². The third-order valence-electron chi connectivity index (χ3n) is 2.80. The maximum absolute atomic E-state index is 12.0. The number of nitrogens with one attached hydrogen (secondary N) is 1. The lowest BCUT2D eigenvalue weighted by Crippen LogP contribution is -2.55. The van der Waals surface area contributed by atoms with E-state index in [4.69, 9.17) is 0 Å². The SMILES string of the molecule is CC(C)[C@](C)(NC(=O)c1sccc1Br)C(=O)O. The number of rotatable bonds is 4. The van der Waals surface area contributed by atoms with Gasteiger partial charge in [0.25, 0.3) is 5.91 Å². The summed E-state index contributed by atoms with van der Waals surface area (Å²) in [6.07, 6.45) is 0. The molecular formula is C11H14BrNO3S. The van der Waals surface area contributed by atoms with E-state index in [-0.39, 0.29) is 11.8 Å². The topological polar surface area (TPSA) is 66.4 Å². The maximum Gasteiger partial charge on any atom is 0.329 e. The smallest absolute Gasteiger partial charge is 0.329 e. The molecule has 0 saturated carbocycles. The van der Waals surface area contributed by atoms with Crippen molar-refractivity contribution in [3.63, 3.8) is 0 Å². The molecule has 6 heteroatoms. The Kier molecular flexibility index (Phi) is 4.32. The van der Waals surface area contributed by atoms with Gasteiger partial charge in [-0.15, -0.1) is 11.3 Å². The number of carboxylic acid groups (broad SMARTS) is 1. The number of thiophene rings is 1. The molecule has 0 unspecified atom stereocenters. The second-order valence-electron chi connectivity index (χ2n) is 4.21. The second kappa shape index (κ2) is 5.18. The fraction of sp³-hybridized carbons (Fsp3) is 0.455. The zero-order valence-corrected chi connectivity index (χ0v) is 12.2. The van der Waals surface area contributed by atoms with Crippen LogP contribution < -0.4 is 5.32 Å². The highest BCUT2D eigenvalue weighted by atomic mass is 79.9. The molecule has 1 aromatic rings. The van der Waals surface area contributed by atoms with Gasteiger partial charge in [-0.2, -0.15) is 0 Å². The van der Waals surface area contributed by atoms with Gasteiger partial charge in [0.05, 0.1) is 0 Å². The van der Waals surface area contributed by atoms with Gasteiger partial charge in [0.2, 0.25) is 0 Å². The highest BCUT2D eigenvalue weighted by molar-refractivity contribution is 9.10. The number of hydrogen-bond donors (Lipinski definition) is 2. The predicted molar refractivity (Wildman–Crippen MR) is 70.4 cm³/mol. The Balaban J connectivity index is 2.94. The minimum Gasteiger partial charge on any atom is -0.480 e. The van der Waals surface area contributed by atoms with E-state index in [1.807, 2.05) is 0 Å². The molecule has 0 aliphatic rings. The van der Waals surface area contributed by atoms with E-state index in [1.165, 1.54) is 18.3 Å². The highest BCUT2D eigenvalue weighted by Gasteiger charge is 2.38. The minimum absolute atomic E-state index is 0.206. The quantitative estimate of drug-likeness (QED) is 0.896. The van der Waals surface area contributed by atoms with Crippen LogP contribution in [0.15, 0.2) is 15.9 Å². The molecule has 0 fully saturated rings. The Morgan fingerprint density at radius 3 is 2.47 bits per heavy atom. The largest absolute Gasteiger partial charge is 0.480 e. The van der Waals surface area contributed by atoms with Crippen LogP contribution in [0, 0.1) is 5.92 Å². The van der Waals surface area contributed by atoms with Gasteiger partial charge in [0, 0.05) is 4.47 Å². The fourth-order valence-corrected chi connectivity index (χ4v) is 2.64. The third kappa shape index (κ3) is 2.87. The third-order valence-corrected chi connectivity index (χ3v) is 4.63. The number of aliphatic carboxylic acids is 1. The Labute approximate surface area is 112 Å². The average molecular weight is 320 g/mol. The number of carboxylic acids is 1. The Morgan fingerprint density at radius 2 is 2.12 bits per heavy atom. The van der Waals surface area contributed by atoms with E-state index in [0.717, 1.165) is 0 Å². The van der Waals surface area contributed by atoms with Crippen LogP contribution in [0.2, 0.25) is 0 Å². The lowest BCUT2D eigenvalue weighted by atomic mass is 9.88. The van der Waals surface area contributed by atoms with Crippen LogP contribution >= 0.6 is 27.3 Å².